The number of aromatic nitrogens is 1. The number of nitrogens with one attached hydrogen (secondary N) is 1. The minimum absolute atomic E-state index is 0.0754. The van der Waals surface area contributed by atoms with Gasteiger partial charge in [-0.15, -0.1) is 11.3 Å². The fourth-order valence-electron chi connectivity index (χ4n) is 1.44. The molecule has 1 aromatic heterocycles. The Morgan fingerprint density at radius 2 is 2.25 bits per heavy atom. The molecular formula is C11H9FN4O2S2. The molecule has 1 heterocycles. The summed E-state index contributed by atoms with van der Waals surface area (Å²) in [5.41, 5.74) is 6.25. The first-order valence-corrected chi connectivity index (χ1v) is 7.83. The van der Waals surface area contributed by atoms with E-state index in [0.29, 0.717) is 5.69 Å². The number of hydrogen-bond donors (Lipinski definition) is 2. The van der Waals surface area contributed by atoms with Crippen molar-refractivity contribution in [3.05, 3.63) is 29.4 Å². The van der Waals surface area contributed by atoms with E-state index in [4.69, 9.17) is 11.0 Å². The van der Waals surface area contributed by atoms with Gasteiger partial charge in [0.2, 0.25) is 10.0 Å². The summed E-state index contributed by atoms with van der Waals surface area (Å²) in [6.07, 6.45) is 0. The van der Waals surface area contributed by atoms with Gasteiger partial charge in [0.25, 0.3) is 0 Å². The number of sulfonamides is 1. The Kier molecular flexibility index (Phi) is 3.87. The van der Waals surface area contributed by atoms with Crippen molar-refractivity contribution >= 4 is 32.2 Å². The number of nitrogen functional groups attached to an aromatic ring is 1. The molecule has 6 nitrogen and oxygen atoms in total. The van der Waals surface area contributed by atoms with E-state index in [1.807, 2.05) is 0 Å². The van der Waals surface area contributed by atoms with E-state index in [1.165, 1.54) is 23.6 Å². The molecule has 0 aliphatic rings. The molecule has 0 aliphatic heterocycles. The second kappa shape index (κ2) is 5.44. The third-order valence-electron chi connectivity index (χ3n) is 2.27. The number of halogens is 1. The molecule has 0 unspecified atom stereocenters. The van der Waals surface area contributed by atoms with Crippen LogP contribution in [0.2, 0.25) is 0 Å². The predicted molar refractivity (Wildman–Crippen MR) is 74.9 cm³/mol. The van der Waals surface area contributed by atoms with Crippen LogP contribution in [-0.4, -0.2) is 19.2 Å². The Bertz CT molecular complexity index is 780. The molecule has 9 heteroatoms. The average Bonchev–Trinajstić information content (AvgIpc) is 2.76. The SMILES string of the molecule is N#CCS(=O)(=O)Nc1nc(-c2ccc(N)cc2F)cs1. The lowest BCUT2D eigenvalue weighted by molar-refractivity contribution is 0.604. The maximum absolute atomic E-state index is 13.7. The molecule has 0 atom stereocenters. The maximum Gasteiger partial charge on any atom is 0.247 e. The van der Waals surface area contributed by atoms with Crippen LogP contribution in [0.4, 0.5) is 15.2 Å². The number of benzene rings is 1. The zero-order valence-corrected chi connectivity index (χ0v) is 11.6. The molecule has 0 saturated carbocycles. The highest BCUT2D eigenvalue weighted by molar-refractivity contribution is 7.93. The van der Waals surface area contributed by atoms with Gasteiger partial charge < -0.3 is 5.73 Å². The van der Waals surface area contributed by atoms with E-state index in [1.54, 1.807) is 0 Å². The van der Waals surface area contributed by atoms with Gasteiger partial charge in [-0.05, 0) is 18.2 Å². The van der Waals surface area contributed by atoms with Gasteiger partial charge in [-0.25, -0.2) is 17.8 Å². The van der Waals surface area contributed by atoms with Crippen molar-refractivity contribution in [1.82, 2.24) is 4.98 Å². The van der Waals surface area contributed by atoms with Gasteiger partial charge in [-0.1, -0.05) is 0 Å². The minimum Gasteiger partial charge on any atom is -0.399 e. The lowest BCUT2D eigenvalue weighted by Gasteiger charge is -2.01. The predicted octanol–water partition coefficient (Wildman–Crippen LogP) is 1.80. The van der Waals surface area contributed by atoms with Gasteiger partial charge in [0, 0.05) is 16.6 Å². The highest BCUT2D eigenvalue weighted by Crippen LogP contribution is 2.28. The highest BCUT2D eigenvalue weighted by atomic mass is 32.2. The first kappa shape index (κ1) is 14.2. The monoisotopic (exact) mass is 312 g/mol. The molecule has 0 amide bonds. The Hall–Kier alpha value is -2.18. The van der Waals surface area contributed by atoms with E-state index >= 15 is 0 Å². The maximum atomic E-state index is 13.7. The molecule has 0 fully saturated rings. The second-order valence-corrected chi connectivity index (χ2v) is 6.38. The Labute approximate surface area is 118 Å². The smallest absolute Gasteiger partial charge is 0.247 e. The van der Waals surface area contributed by atoms with Crippen molar-refractivity contribution in [2.24, 2.45) is 0 Å². The Morgan fingerprint density at radius 3 is 2.90 bits per heavy atom. The first-order valence-electron chi connectivity index (χ1n) is 5.29. The van der Waals surface area contributed by atoms with E-state index < -0.39 is 21.6 Å². The molecule has 0 aliphatic carbocycles. The molecule has 2 rings (SSSR count). The summed E-state index contributed by atoms with van der Waals surface area (Å²) in [6.45, 7) is 0. The van der Waals surface area contributed by atoms with Crippen molar-refractivity contribution < 1.29 is 12.8 Å². The molecule has 3 N–H and O–H groups in total. The van der Waals surface area contributed by atoms with Crippen LogP contribution < -0.4 is 10.5 Å². The molecule has 20 heavy (non-hydrogen) atoms. The van der Waals surface area contributed by atoms with Gasteiger partial charge in [-0.3, -0.25) is 4.72 Å². The van der Waals surface area contributed by atoms with E-state index in [-0.39, 0.29) is 16.4 Å². The minimum atomic E-state index is -3.75. The Morgan fingerprint density at radius 1 is 1.50 bits per heavy atom. The van der Waals surface area contributed by atoms with E-state index in [0.717, 1.165) is 17.4 Å². The first-order chi connectivity index (χ1) is 9.41. The quantitative estimate of drug-likeness (QED) is 0.837. The lowest BCUT2D eigenvalue weighted by atomic mass is 10.1. The van der Waals surface area contributed by atoms with Crippen LogP contribution in [0.3, 0.4) is 0 Å². The molecule has 0 radical (unpaired) electrons. The molecule has 0 saturated heterocycles. The van der Waals surface area contributed by atoms with Crippen molar-refractivity contribution in [1.29, 1.82) is 5.26 Å². The van der Waals surface area contributed by atoms with Crippen LogP contribution in [0.1, 0.15) is 0 Å². The zero-order valence-electron chi connectivity index (χ0n) is 10.00. The summed E-state index contributed by atoms with van der Waals surface area (Å²) in [4.78, 5) is 3.98. The van der Waals surface area contributed by atoms with Crippen molar-refractivity contribution in [2.45, 2.75) is 0 Å². The average molecular weight is 312 g/mol. The summed E-state index contributed by atoms with van der Waals surface area (Å²) in [5, 5.41) is 9.97. The summed E-state index contributed by atoms with van der Waals surface area (Å²) in [7, 11) is -3.75. The molecular weight excluding hydrogens is 303 g/mol. The number of hydrogen-bond acceptors (Lipinski definition) is 6. The van der Waals surface area contributed by atoms with Gasteiger partial charge in [0.05, 0.1) is 11.8 Å². The zero-order chi connectivity index (χ0) is 14.8. The van der Waals surface area contributed by atoms with Gasteiger partial charge in [-0.2, -0.15) is 5.26 Å². The lowest BCUT2D eigenvalue weighted by Crippen LogP contribution is -2.15. The Balaban J connectivity index is 2.28. The van der Waals surface area contributed by atoms with Crippen molar-refractivity contribution in [2.75, 3.05) is 16.2 Å². The molecule has 2 aromatic rings. The highest BCUT2D eigenvalue weighted by Gasteiger charge is 2.14. The van der Waals surface area contributed by atoms with E-state index in [9.17, 15) is 12.8 Å². The number of anilines is 2. The topological polar surface area (TPSA) is 109 Å². The van der Waals surface area contributed by atoms with Crippen molar-refractivity contribution in [3.8, 4) is 17.3 Å². The van der Waals surface area contributed by atoms with Gasteiger partial charge >= 0.3 is 0 Å². The van der Waals surface area contributed by atoms with Crippen LogP contribution in [0.5, 0.6) is 0 Å². The third kappa shape index (κ3) is 3.23. The largest absolute Gasteiger partial charge is 0.399 e. The van der Waals surface area contributed by atoms with Crippen LogP contribution in [-0.2, 0) is 10.0 Å². The van der Waals surface area contributed by atoms with Crippen LogP contribution in [0, 0.1) is 17.1 Å². The van der Waals surface area contributed by atoms with Gasteiger partial charge in [0.15, 0.2) is 10.9 Å². The van der Waals surface area contributed by atoms with Crippen LogP contribution in [0.25, 0.3) is 11.3 Å². The second-order valence-electron chi connectivity index (χ2n) is 3.80. The van der Waals surface area contributed by atoms with Gasteiger partial charge in [0.1, 0.15) is 5.82 Å². The number of rotatable bonds is 4. The summed E-state index contributed by atoms with van der Waals surface area (Å²) in [6, 6.07) is 5.69. The molecule has 1 aromatic carbocycles. The standard InChI is InChI=1S/C11H9FN4O2S2/c12-9-5-7(14)1-2-8(9)10-6-19-11(15-10)16-20(17,18)4-3-13/h1-2,5-6H,4,14H2,(H,15,16). The molecule has 0 spiro atoms. The molecule has 0 bridgehead atoms. The fraction of sp³-hybridized carbons (Fsp3) is 0.0909. The van der Waals surface area contributed by atoms with Crippen LogP contribution >= 0.6 is 11.3 Å². The summed E-state index contributed by atoms with van der Waals surface area (Å²) in [5.74, 6) is -1.21. The van der Waals surface area contributed by atoms with Crippen molar-refractivity contribution in [3.63, 3.8) is 0 Å². The number of nitrogens with zero attached hydrogens (tertiary/aromatic N) is 2. The molecule has 104 valence electrons. The normalized spacial score (nSPS) is 11.0. The fourth-order valence-corrected chi connectivity index (χ4v) is 3.12. The third-order valence-corrected chi connectivity index (χ3v) is 4.17. The van der Waals surface area contributed by atoms with Crippen LogP contribution in [0.15, 0.2) is 23.6 Å². The number of nitriles is 1. The summed E-state index contributed by atoms with van der Waals surface area (Å²) >= 11 is 1.00. The summed E-state index contributed by atoms with van der Waals surface area (Å²) < 4.78 is 38.7. The number of nitrogens with two attached hydrogens (primary N) is 1. The van der Waals surface area contributed by atoms with E-state index in [2.05, 4.69) is 9.71 Å². The number of thiazole rings is 1.